The number of carbonyl (C=O) groups is 1. The molecule has 21 heavy (non-hydrogen) atoms. The van der Waals surface area contributed by atoms with Crippen LogP contribution in [0, 0.1) is 11.7 Å². The molecule has 1 aromatic carbocycles. The summed E-state index contributed by atoms with van der Waals surface area (Å²) in [6.07, 6.45) is 1.99. The zero-order valence-corrected chi connectivity index (χ0v) is 12.0. The first kappa shape index (κ1) is 13.2. The van der Waals surface area contributed by atoms with Crippen LogP contribution < -0.4 is 5.32 Å². The second-order valence-electron chi connectivity index (χ2n) is 6.31. The average Bonchev–Trinajstić information content (AvgIpc) is 2.90. The van der Waals surface area contributed by atoms with Crippen LogP contribution in [-0.4, -0.2) is 47.9 Å². The summed E-state index contributed by atoms with van der Waals surface area (Å²) in [5.41, 5.74) is 0.583. The van der Waals surface area contributed by atoms with Gasteiger partial charge in [0, 0.05) is 18.2 Å². The van der Waals surface area contributed by atoms with E-state index in [9.17, 15) is 9.18 Å². The second kappa shape index (κ2) is 5.07. The number of hydrogen-bond donors (Lipinski definition) is 1. The Morgan fingerprint density at radius 3 is 2.62 bits per heavy atom. The zero-order chi connectivity index (χ0) is 14.4. The Labute approximate surface area is 123 Å². The van der Waals surface area contributed by atoms with E-state index in [-0.39, 0.29) is 23.9 Å². The van der Waals surface area contributed by atoms with Crippen molar-refractivity contribution in [2.45, 2.75) is 25.0 Å². The number of nitrogens with zero attached hydrogens (tertiary/aromatic N) is 2. The largest absolute Gasteiger partial charge is 0.317 e. The molecule has 2 bridgehead atoms. The molecule has 5 rings (SSSR count). The summed E-state index contributed by atoms with van der Waals surface area (Å²) >= 11 is 0. The van der Waals surface area contributed by atoms with E-state index in [2.05, 4.69) is 10.2 Å². The highest BCUT2D eigenvalue weighted by atomic mass is 19.1. The van der Waals surface area contributed by atoms with Crippen LogP contribution in [0.3, 0.4) is 0 Å². The number of carbonyl (C=O) groups excluding carboxylic acids is 1. The van der Waals surface area contributed by atoms with Crippen molar-refractivity contribution in [1.29, 1.82) is 0 Å². The van der Waals surface area contributed by atoms with Crippen molar-refractivity contribution < 1.29 is 9.18 Å². The van der Waals surface area contributed by atoms with E-state index in [0.717, 1.165) is 32.5 Å². The Morgan fingerprint density at radius 2 is 1.95 bits per heavy atom. The molecule has 4 aliphatic heterocycles. The van der Waals surface area contributed by atoms with Crippen LogP contribution in [0.1, 0.15) is 24.6 Å². The summed E-state index contributed by atoms with van der Waals surface area (Å²) in [6.45, 7) is 3.52. The topological polar surface area (TPSA) is 35.6 Å². The molecule has 4 aliphatic rings. The van der Waals surface area contributed by atoms with Crippen molar-refractivity contribution in [1.82, 2.24) is 15.1 Å². The van der Waals surface area contributed by atoms with Crippen LogP contribution in [0.2, 0.25) is 0 Å². The minimum absolute atomic E-state index is 0.0991. The highest BCUT2D eigenvalue weighted by molar-refractivity contribution is 5.81. The van der Waals surface area contributed by atoms with Crippen molar-refractivity contribution >= 4 is 5.91 Å². The van der Waals surface area contributed by atoms with Crippen molar-refractivity contribution in [3.63, 3.8) is 0 Å². The predicted molar refractivity (Wildman–Crippen MR) is 76.9 cm³/mol. The van der Waals surface area contributed by atoms with Gasteiger partial charge in [-0.1, -0.05) is 18.2 Å². The maximum Gasteiger partial charge on any atom is 0.238 e. The van der Waals surface area contributed by atoms with E-state index in [0.29, 0.717) is 18.0 Å². The molecular formula is C16H20FN3O. The molecule has 0 aromatic heterocycles. The maximum atomic E-state index is 14.1. The molecular weight excluding hydrogens is 269 g/mol. The highest BCUT2D eigenvalue weighted by Gasteiger charge is 2.45. The quantitative estimate of drug-likeness (QED) is 0.893. The Kier molecular flexibility index (Phi) is 3.19. The molecule has 2 atom stereocenters. The van der Waals surface area contributed by atoms with Gasteiger partial charge in [0.25, 0.3) is 0 Å². The Balaban J connectivity index is 1.66. The molecule has 4 heterocycles. The van der Waals surface area contributed by atoms with Gasteiger partial charge in [-0.15, -0.1) is 0 Å². The van der Waals surface area contributed by atoms with Crippen LogP contribution in [0.25, 0.3) is 0 Å². The molecule has 0 saturated carbocycles. The van der Waals surface area contributed by atoms with Gasteiger partial charge in [-0.3, -0.25) is 10.1 Å². The molecule has 112 valence electrons. The number of rotatable bonds is 2. The number of fused-ring (bicyclic) bond motifs is 3. The van der Waals surface area contributed by atoms with Gasteiger partial charge in [0.2, 0.25) is 5.91 Å². The number of benzene rings is 1. The van der Waals surface area contributed by atoms with Crippen LogP contribution in [0.5, 0.6) is 0 Å². The van der Waals surface area contributed by atoms with E-state index in [1.165, 1.54) is 6.07 Å². The smallest absolute Gasteiger partial charge is 0.238 e. The standard InChI is InChI=1S/C16H20FN3O/c17-13-4-2-1-3-12(13)16-18-9-15(21)20(16)14-10-19-7-5-11(14)6-8-19/h1-4,11,14,16,18H,5-10H2. The van der Waals surface area contributed by atoms with E-state index in [1.54, 1.807) is 12.1 Å². The predicted octanol–water partition coefficient (Wildman–Crippen LogP) is 1.35. The summed E-state index contributed by atoms with van der Waals surface area (Å²) < 4.78 is 14.1. The fourth-order valence-corrected chi connectivity index (χ4v) is 4.10. The summed E-state index contributed by atoms with van der Waals surface area (Å²) in [5.74, 6) is 0.422. The molecule has 4 saturated heterocycles. The lowest BCUT2D eigenvalue weighted by molar-refractivity contribution is -0.135. The third kappa shape index (κ3) is 2.15. The van der Waals surface area contributed by atoms with E-state index < -0.39 is 0 Å². The molecule has 2 unspecified atom stereocenters. The molecule has 0 radical (unpaired) electrons. The van der Waals surface area contributed by atoms with Gasteiger partial charge in [0.05, 0.1) is 6.54 Å². The Morgan fingerprint density at radius 1 is 1.19 bits per heavy atom. The number of hydrogen-bond acceptors (Lipinski definition) is 3. The van der Waals surface area contributed by atoms with Gasteiger partial charge >= 0.3 is 0 Å². The maximum absolute atomic E-state index is 14.1. The molecule has 4 nitrogen and oxygen atoms in total. The molecule has 1 aromatic rings. The average molecular weight is 289 g/mol. The number of nitrogens with one attached hydrogen (secondary N) is 1. The Hall–Kier alpha value is -1.46. The van der Waals surface area contributed by atoms with Crippen LogP contribution >= 0.6 is 0 Å². The third-order valence-electron chi connectivity index (χ3n) is 5.19. The van der Waals surface area contributed by atoms with Crippen molar-refractivity contribution in [2.75, 3.05) is 26.2 Å². The molecule has 4 fully saturated rings. The van der Waals surface area contributed by atoms with Crippen molar-refractivity contribution in [2.24, 2.45) is 5.92 Å². The van der Waals surface area contributed by atoms with Crippen LogP contribution in [0.15, 0.2) is 24.3 Å². The molecule has 5 heteroatoms. The molecule has 0 aliphatic carbocycles. The van der Waals surface area contributed by atoms with Gasteiger partial charge in [-0.05, 0) is 37.9 Å². The van der Waals surface area contributed by atoms with Crippen LogP contribution in [0.4, 0.5) is 4.39 Å². The van der Waals surface area contributed by atoms with Crippen molar-refractivity contribution in [3.8, 4) is 0 Å². The summed E-state index contributed by atoms with van der Waals surface area (Å²) in [6, 6.07) is 6.99. The van der Waals surface area contributed by atoms with Gasteiger partial charge in [-0.25, -0.2) is 4.39 Å². The first-order valence-corrected chi connectivity index (χ1v) is 7.75. The lowest BCUT2D eigenvalue weighted by Crippen LogP contribution is -2.58. The van der Waals surface area contributed by atoms with Gasteiger partial charge < -0.3 is 9.80 Å². The van der Waals surface area contributed by atoms with Gasteiger partial charge in [0.1, 0.15) is 12.0 Å². The first-order chi connectivity index (χ1) is 10.2. The van der Waals surface area contributed by atoms with Gasteiger partial charge in [-0.2, -0.15) is 0 Å². The minimum atomic E-state index is -0.316. The summed E-state index contributed by atoms with van der Waals surface area (Å²) in [7, 11) is 0. The lowest BCUT2D eigenvalue weighted by Gasteiger charge is -2.49. The second-order valence-corrected chi connectivity index (χ2v) is 6.31. The molecule has 1 amide bonds. The SMILES string of the molecule is O=C1CNC(c2ccccc2F)N1C1CN2CCC1CC2. The fourth-order valence-electron chi connectivity index (χ4n) is 4.10. The molecule has 0 spiro atoms. The molecule has 1 N–H and O–H groups in total. The van der Waals surface area contributed by atoms with Crippen LogP contribution in [-0.2, 0) is 4.79 Å². The zero-order valence-electron chi connectivity index (χ0n) is 12.0. The minimum Gasteiger partial charge on any atom is -0.317 e. The number of amides is 1. The van der Waals surface area contributed by atoms with E-state index in [1.807, 2.05) is 11.0 Å². The number of halogens is 1. The number of piperidine rings is 3. The fraction of sp³-hybridized carbons (Fsp3) is 0.562. The first-order valence-electron chi connectivity index (χ1n) is 7.75. The van der Waals surface area contributed by atoms with Gasteiger partial charge in [0.15, 0.2) is 0 Å². The summed E-state index contributed by atoms with van der Waals surface area (Å²) in [4.78, 5) is 16.7. The van der Waals surface area contributed by atoms with Crippen molar-refractivity contribution in [3.05, 3.63) is 35.6 Å². The highest BCUT2D eigenvalue weighted by Crippen LogP contribution is 2.36. The lowest BCUT2D eigenvalue weighted by atomic mass is 9.83. The third-order valence-corrected chi connectivity index (χ3v) is 5.19. The summed E-state index contributed by atoms with van der Waals surface area (Å²) in [5, 5.41) is 3.19. The Bertz CT molecular complexity index is 556. The monoisotopic (exact) mass is 289 g/mol. The normalized spacial score (nSPS) is 35.5. The van der Waals surface area contributed by atoms with E-state index >= 15 is 0 Å². The van der Waals surface area contributed by atoms with E-state index in [4.69, 9.17) is 0 Å².